The van der Waals surface area contributed by atoms with Crippen molar-refractivity contribution in [1.29, 1.82) is 0 Å². The Bertz CT molecular complexity index is 781. The zero-order valence-electron chi connectivity index (χ0n) is 15.4. The molecule has 1 atom stereocenters. The number of sulfonamides is 1. The van der Waals surface area contributed by atoms with Crippen LogP contribution in [-0.4, -0.2) is 58.0 Å². The van der Waals surface area contributed by atoms with E-state index in [1.54, 1.807) is 23.5 Å². The van der Waals surface area contributed by atoms with Crippen molar-refractivity contribution in [3.05, 3.63) is 52.2 Å². The lowest BCUT2D eigenvalue weighted by molar-refractivity contribution is 0.114. The largest absolute Gasteiger partial charge is 0.304 e. The molecule has 1 saturated heterocycles. The van der Waals surface area contributed by atoms with E-state index in [0.29, 0.717) is 11.4 Å². The Kier molecular flexibility index (Phi) is 6.47. The Labute approximate surface area is 160 Å². The van der Waals surface area contributed by atoms with Crippen LogP contribution in [0.25, 0.3) is 0 Å². The number of nitrogens with zero attached hydrogens (tertiary/aromatic N) is 2. The summed E-state index contributed by atoms with van der Waals surface area (Å²) in [6, 6.07) is 11.3. The monoisotopic (exact) mass is 393 g/mol. The Morgan fingerprint density at radius 1 is 1.12 bits per heavy atom. The normalized spacial score (nSPS) is 18.1. The molecule has 3 rings (SSSR count). The quantitative estimate of drug-likeness (QED) is 0.786. The molecule has 7 heteroatoms. The third-order valence-corrected chi connectivity index (χ3v) is 7.37. The first kappa shape index (κ1) is 19.5. The minimum absolute atomic E-state index is 0.0772. The molecule has 1 N–H and O–H groups in total. The maximum Gasteiger partial charge on any atom is 0.240 e. The topological polar surface area (TPSA) is 52.7 Å². The molecule has 1 unspecified atom stereocenters. The predicted molar refractivity (Wildman–Crippen MR) is 107 cm³/mol. The van der Waals surface area contributed by atoms with Gasteiger partial charge in [0, 0.05) is 37.6 Å². The van der Waals surface area contributed by atoms with Crippen LogP contribution in [0.5, 0.6) is 0 Å². The number of thiophene rings is 1. The van der Waals surface area contributed by atoms with Crippen molar-refractivity contribution in [3.8, 4) is 0 Å². The molecule has 1 aliphatic heterocycles. The van der Waals surface area contributed by atoms with Crippen molar-refractivity contribution >= 4 is 21.4 Å². The van der Waals surface area contributed by atoms with Crippen molar-refractivity contribution in [2.24, 2.45) is 0 Å². The van der Waals surface area contributed by atoms with Crippen molar-refractivity contribution in [3.63, 3.8) is 0 Å². The van der Waals surface area contributed by atoms with Gasteiger partial charge in [-0.2, -0.15) is 0 Å². The molecule has 0 amide bonds. The lowest BCUT2D eigenvalue weighted by Crippen LogP contribution is -2.48. The Morgan fingerprint density at radius 2 is 1.81 bits per heavy atom. The van der Waals surface area contributed by atoms with E-state index in [4.69, 9.17) is 0 Å². The Morgan fingerprint density at radius 3 is 2.38 bits per heavy atom. The van der Waals surface area contributed by atoms with Crippen LogP contribution < -0.4 is 4.72 Å². The van der Waals surface area contributed by atoms with Gasteiger partial charge >= 0.3 is 0 Å². The van der Waals surface area contributed by atoms with Gasteiger partial charge in [-0.05, 0) is 42.6 Å². The maximum atomic E-state index is 12.7. The van der Waals surface area contributed by atoms with Crippen molar-refractivity contribution in [2.75, 3.05) is 39.8 Å². The molecular weight excluding hydrogens is 366 g/mol. The van der Waals surface area contributed by atoms with Gasteiger partial charge in [-0.15, -0.1) is 11.3 Å². The second-order valence-electron chi connectivity index (χ2n) is 6.72. The van der Waals surface area contributed by atoms with Gasteiger partial charge in [-0.1, -0.05) is 25.1 Å². The van der Waals surface area contributed by atoms with Gasteiger partial charge in [0.1, 0.15) is 0 Å². The van der Waals surface area contributed by atoms with Gasteiger partial charge in [0.05, 0.1) is 10.9 Å². The molecule has 0 radical (unpaired) electrons. The molecule has 0 bridgehead atoms. The highest BCUT2D eigenvalue weighted by Gasteiger charge is 2.26. The standard InChI is InChI=1S/C19H27N3O2S2/c1-3-16-6-8-17(9-7-16)26(23,24)20-15-18(19-5-4-14-25-19)22-12-10-21(2)11-13-22/h4-9,14,18,20H,3,10-13,15H2,1-2H3. The van der Waals surface area contributed by atoms with E-state index in [1.165, 1.54) is 4.88 Å². The van der Waals surface area contributed by atoms with Crippen LogP contribution in [0.2, 0.25) is 0 Å². The molecule has 2 aromatic rings. The first-order valence-corrected chi connectivity index (χ1v) is 11.4. The first-order valence-electron chi connectivity index (χ1n) is 9.04. The summed E-state index contributed by atoms with van der Waals surface area (Å²) in [6.45, 7) is 6.36. The molecule has 1 aliphatic rings. The van der Waals surface area contributed by atoms with Gasteiger partial charge in [0.2, 0.25) is 10.0 Å². The summed E-state index contributed by atoms with van der Waals surface area (Å²) in [5, 5.41) is 2.05. The summed E-state index contributed by atoms with van der Waals surface area (Å²) in [5.41, 5.74) is 1.14. The Balaban J connectivity index is 1.72. The molecule has 0 aliphatic carbocycles. The summed E-state index contributed by atoms with van der Waals surface area (Å²) in [5.74, 6) is 0. The summed E-state index contributed by atoms with van der Waals surface area (Å²) in [4.78, 5) is 6.23. The highest BCUT2D eigenvalue weighted by molar-refractivity contribution is 7.89. The lowest BCUT2D eigenvalue weighted by atomic mass is 10.2. The van der Waals surface area contributed by atoms with Gasteiger partial charge in [0.25, 0.3) is 0 Å². The molecule has 26 heavy (non-hydrogen) atoms. The molecular formula is C19H27N3O2S2. The number of rotatable bonds is 7. The number of aryl methyl sites for hydroxylation is 1. The van der Waals surface area contributed by atoms with E-state index in [9.17, 15) is 8.42 Å². The fourth-order valence-electron chi connectivity index (χ4n) is 3.20. The van der Waals surface area contributed by atoms with E-state index in [2.05, 4.69) is 39.9 Å². The van der Waals surface area contributed by atoms with Crippen molar-refractivity contribution < 1.29 is 8.42 Å². The van der Waals surface area contributed by atoms with Crippen LogP contribution in [-0.2, 0) is 16.4 Å². The fourth-order valence-corrected chi connectivity index (χ4v) is 5.10. The SMILES string of the molecule is CCc1ccc(S(=O)(=O)NCC(c2cccs2)N2CCN(C)CC2)cc1. The van der Waals surface area contributed by atoms with Gasteiger partial charge in [-0.25, -0.2) is 13.1 Å². The van der Waals surface area contributed by atoms with Crippen LogP contribution >= 0.6 is 11.3 Å². The zero-order chi connectivity index (χ0) is 18.6. The van der Waals surface area contributed by atoms with Crippen LogP contribution in [0.15, 0.2) is 46.7 Å². The number of benzene rings is 1. The molecule has 1 aromatic carbocycles. The number of hydrogen-bond donors (Lipinski definition) is 1. The minimum atomic E-state index is -3.50. The minimum Gasteiger partial charge on any atom is -0.304 e. The van der Waals surface area contributed by atoms with Gasteiger partial charge in [0.15, 0.2) is 0 Å². The van der Waals surface area contributed by atoms with Crippen molar-refractivity contribution in [1.82, 2.24) is 14.5 Å². The highest BCUT2D eigenvalue weighted by atomic mass is 32.2. The Hall–Kier alpha value is -1.25. The van der Waals surface area contributed by atoms with E-state index < -0.39 is 10.0 Å². The van der Waals surface area contributed by atoms with E-state index in [-0.39, 0.29) is 6.04 Å². The predicted octanol–water partition coefficient (Wildman–Crippen LogP) is 2.58. The number of nitrogens with one attached hydrogen (secondary N) is 1. The summed E-state index contributed by atoms with van der Waals surface area (Å²) < 4.78 is 28.2. The average Bonchev–Trinajstić information content (AvgIpc) is 3.18. The molecule has 5 nitrogen and oxygen atoms in total. The van der Waals surface area contributed by atoms with Crippen LogP contribution in [0.3, 0.4) is 0 Å². The number of hydrogen-bond acceptors (Lipinski definition) is 5. The van der Waals surface area contributed by atoms with Gasteiger partial charge in [-0.3, -0.25) is 4.90 Å². The van der Waals surface area contributed by atoms with E-state index in [1.807, 2.05) is 18.2 Å². The zero-order valence-corrected chi connectivity index (χ0v) is 17.0. The second kappa shape index (κ2) is 8.63. The smallest absolute Gasteiger partial charge is 0.240 e. The third-order valence-electron chi connectivity index (χ3n) is 4.96. The molecule has 1 aromatic heterocycles. The molecule has 2 heterocycles. The van der Waals surface area contributed by atoms with E-state index >= 15 is 0 Å². The van der Waals surface area contributed by atoms with Crippen LogP contribution in [0.1, 0.15) is 23.4 Å². The first-order chi connectivity index (χ1) is 12.5. The summed E-state index contributed by atoms with van der Waals surface area (Å²) >= 11 is 1.69. The molecule has 1 fully saturated rings. The molecule has 0 saturated carbocycles. The third kappa shape index (κ3) is 4.72. The number of piperazine rings is 1. The van der Waals surface area contributed by atoms with Crippen LogP contribution in [0.4, 0.5) is 0 Å². The number of likely N-dealkylation sites (N-methyl/N-ethyl adjacent to an activating group) is 1. The van der Waals surface area contributed by atoms with E-state index in [0.717, 1.165) is 38.2 Å². The van der Waals surface area contributed by atoms with Crippen molar-refractivity contribution in [2.45, 2.75) is 24.3 Å². The van der Waals surface area contributed by atoms with Crippen LogP contribution in [0, 0.1) is 0 Å². The molecule has 142 valence electrons. The average molecular weight is 394 g/mol. The summed E-state index contributed by atoms with van der Waals surface area (Å²) in [7, 11) is -1.38. The summed E-state index contributed by atoms with van der Waals surface area (Å²) in [6.07, 6.45) is 0.900. The highest BCUT2D eigenvalue weighted by Crippen LogP contribution is 2.26. The molecule has 0 spiro atoms. The van der Waals surface area contributed by atoms with Gasteiger partial charge < -0.3 is 4.90 Å². The fraction of sp³-hybridized carbons (Fsp3) is 0.474. The lowest BCUT2D eigenvalue weighted by Gasteiger charge is -2.37. The maximum absolute atomic E-state index is 12.7. The second-order valence-corrected chi connectivity index (χ2v) is 9.47.